The van der Waals surface area contributed by atoms with E-state index in [1.807, 2.05) is 6.92 Å². The Morgan fingerprint density at radius 3 is 2.25 bits per heavy atom. The second-order valence-electron chi connectivity index (χ2n) is 6.84. The van der Waals surface area contributed by atoms with Gasteiger partial charge in [-0.1, -0.05) is 13.3 Å². The van der Waals surface area contributed by atoms with Crippen molar-refractivity contribution in [1.82, 2.24) is 4.90 Å². The minimum Gasteiger partial charge on any atom is -0.429 e. The minimum absolute atomic E-state index is 0.0181. The molecule has 0 aromatic rings. The Hall–Kier alpha value is -0.810. The standard InChI is InChI=1S/C15H29NO4/c1-7-8-9-18-20-13(17)19-12-10-14(2,3)16(6)15(4,5)11-12/h12H,7-11H2,1-6H3. The summed E-state index contributed by atoms with van der Waals surface area (Å²) in [6, 6.07) is 0. The number of likely N-dealkylation sites (tertiary alicyclic amines) is 1. The van der Waals surface area contributed by atoms with Gasteiger partial charge in [0, 0.05) is 23.9 Å². The molecule has 0 saturated carbocycles. The van der Waals surface area contributed by atoms with E-state index in [2.05, 4.69) is 44.5 Å². The molecule has 1 aliphatic rings. The predicted octanol–water partition coefficient (Wildman–Crippen LogP) is 3.52. The van der Waals surface area contributed by atoms with E-state index in [-0.39, 0.29) is 17.2 Å². The number of ether oxygens (including phenoxy) is 1. The largest absolute Gasteiger partial charge is 0.540 e. The molecule has 0 unspecified atom stereocenters. The summed E-state index contributed by atoms with van der Waals surface area (Å²) >= 11 is 0. The Morgan fingerprint density at radius 1 is 1.20 bits per heavy atom. The maximum absolute atomic E-state index is 11.6. The zero-order chi connectivity index (χ0) is 15.4. The minimum atomic E-state index is -0.734. The number of carbonyl (C=O) groups excluding carboxylic acids is 1. The summed E-state index contributed by atoms with van der Waals surface area (Å²) in [5.74, 6) is 0. The van der Waals surface area contributed by atoms with Gasteiger partial charge >= 0.3 is 6.16 Å². The summed E-state index contributed by atoms with van der Waals surface area (Å²) in [4.78, 5) is 23.4. The number of carbonyl (C=O) groups is 1. The molecule has 0 atom stereocenters. The molecule has 1 heterocycles. The molecule has 20 heavy (non-hydrogen) atoms. The summed E-state index contributed by atoms with van der Waals surface area (Å²) in [6.07, 6.45) is 2.56. The van der Waals surface area contributed by atoms with Gasteiger partial charge < -0.3 is 4.74 Å². The van der Waals surface area contributed by atoms with Gasteiger partial charge in [0.05, 0.1) is 6.61 Å². The molecule has 1 saturated heterocycles. The van der Waals surface area contributed by atoms with Crippen molar-refractivity contribution in [2.45, 2.75) is 77.5 Å². The van der Waals surface area contributed by atoms with E-state index >= 15 is 0 Å². The van der Waals surface area contributed by atoms with Crippen molar-refractivity contribution in [3.8, 4) is 0 Å². The zero-order valence-corrected chi connectivity index (χ0v) is 13.7. The van der Waals surface area contributed by atoms with Crippen LogP contribution in [0.15, 0.2) is 0 Å². The van der Waals surface area contributed by atoms with E-state index in [0.29, 0.717) is 6.61 Å². The van der Waals surface area contributed by atoms with Crippen LogP contribution in [0.5, 0.6) is 0 Å². The van der Waals surface area contributed by atoms with E-state index in [9.17, 15) is 4.79 Å². The van der Waals surface area contributed by atoms with Crippen LogP contribution in [0.25, 0.3) is 0 Å². The van der Waals surface area contributed by atoms with Gasteiger partial charge in [0.25, 0.3) is 0 Å². The van der Waals surface area contributed by atoms with Crippen LogP contribution in [-0.4, -0.2) is 41.9 Å². The van der Waals surface area contributed by atoms with Gasteiger partial charge in [-0.05, 0) is 41.2 Å². The lowest BCUT2D eigenvalue weighted by Gasteiger charge is -2.52. The van der Waals surface area contributed by atoms with Gasteiger partial charge in [0.15, 0.2) is 0 Å². The maximum atomic E-state index is 11.6. The van der Waals surface area contributed by atoms with Crippen LogP contribution in [0.3, 0.4) is 0 Å². The molecule has 0 aromatic heterocycles. The predicted molar refractivity (Wildman–Crippen MR) is 77.4 cm³/mol. The van der Waals surface area contributed by atoms with Crippen LogP contribution in [-0.2, 0) is 14.5 Å². The molecule has 0 N–H and O–H groups in total. The van der Waals surface area contributed by atoms with Crippen LogP contribution >= 0.6 is 0 Å². The van der Waals surface area contributed by atoms with E-state index < -0.39 is 6.16 Å². The average Bonchev–Trinajstić information content (AvgIpc) is 2.31. The first-order chi connectivity index (χ1) is 9.19. The summed E-state index contributed by atoms with van der Waals surface area (Å²) in [5, 5.41) is 0. The highest BCUT2D eigenvalue weighted by Crippen LogP contribution is 2.38. The number of hydrogen-bond acceptors (Lipinski definition) is 5. The Kier molecular flexibility index (Phi) is 5.83. The molecule has 0 radical (unpaired) electrons. The molecule has 0 aliphatic carbocycles. The SMILES string of the molecule is CCCCOOC(=O)OC1CC(C)(C)N(C)C(C)(C)C1. The average molecular weight is 287 g/mol. The zero-order valence-electron chi connectivity index (χ0n) is 13.7. The fourth-order valence-corrected chi connectivity index (χ4v) is 2.81. The van der Waals surface area contributed by atoms with Crippen molar-refractivity contribution < 1.29 is 19.3 Å². The van der Waals surface area contributed by atoms with Gasteiger partial charge in [-0.2, -0.15) is 4.89 Å². The lowest BCUT2D eigenvalue weighted by Crippen LogP contribution is -2.60. The Morgan fingerprint density at radius 2 is 1.75 bits per heavy atom. The van der Waals surface area contributed by atoms with Crippen molar-refractivity contribution >= 4 is 6.16 Å². The smallest absolute Gasteiger partial charge is 0.429 e. The van der Waals surface area contributed by atoms with Crippen molar-refractivity contribution in [3.05, 3.63) is 0 Å². The Bertz CT molecular complexity index is 310. The van der Waals surface area contributed by atoms with Crippen LogP contribution in [0.4, 0.5) is 4.79 Å². The highest BCUT2D eigenvalue weighted by atomic mass is 17.2. The van der Waals surface area contributed by atoms with Crippen LogP contribution in [0, 0.1) is 0 Å². The molecule has 0 spiro atoms. The third kappa shape index (κ3) is 4.63. The monoisotopic (exact) mass is 287 g/mol. The van der Waals surface area contributed by atoms with E-state index in [4.69, 9.17) is 9.62 Å². The van der Waals surface area contributed by atoms with Crippen molar-refractivity contribution in [3.63, 3.8) is 0 Å². The van der Waals surface area contributed by atoms with Gasteiger partial charge in [-0.3, -0.25) is 9.79 Å². The third-order valence-electron chi connectivity index (χ3n) is 4.24. The number of nitrogens with zero attached hydrogens (tertiary/aromatic N) is 1. The number of piperidine rings is 1. The second kappa shape index (κ2) is 6.76. The molecular weight excluding hydrogens is 258 g/mol. The number of hydrogen-bond donors (Lipinski definition) is 0. The number of unbranched alkanes of at least 4 members (excludes halogenated alkanes) is 1. The first kappa shape index (κ1) is 17.2. The molecule has 0 bridgehead atoms. The van der Waals surface area contributed by atoms with Gasteiger partial charge in [-0.25, -0.2) is 4.79 Å². The fraction of sp³-hybridized carbons (Fsp3) is 0.933. The maximum Gasteiger partial charge on any atom is 0.540 e. The van der Waals surface area contributed by atoms with Crippen LogP contribution in [0.2, 0.25) is 0 Å². The van der Waals surface area contributed by atoms with E-state index in [1.54, 1.807) is 0 Å². The van der Waals surface area contributed by atoms with E-state index in [1.165, 1.54) is 0 Å². The fourth-order valence-electron chi connectivity index (χ4n) is 2.81. The van der Waals surface area contributed by atoms with Gasteiger partial charge in [-0.15, -0.1) is 0 Å². The lowest BCUT2D eigenvalue weighted by atomic mass is 9.79. The molecule has 1 rings (SSSR count). The van der Waals surface area contributed by atoms with E-state index in [0.717, 1.165) is 25.7 Å². The second-order valence-corrected chi connectivity index (χ2v) is 6.84. The summed E-state index contributed by atoms with van der Waals surface area (Å²) in [7, 11) is 2.11. The summed E-state index contributed by atoms with van der Waals surface area (Å²) < 4.78 is 5.38. The topological polar surface area (TPSA) is 48.0 Å². The lowest BCUT2D eigenvalue weighted by molar-refractivity contribution is -0.260. The highest BCUT2D eigenvalue weighted by Gasteiger charge is 2.44. The molecular formula is C15H29NO4. The van der Waals surface area contributed by atoms with Crippen molar-refractivity contribution in [1.29, 1.82) is 0 Å². The van der Waals surface area contributed by atoms with Crippen LogP contribution < -0.4 is 0 Å². The molecule has 118 valence electrons. The Labute approximate surface area is 122 Å². The third-order valence-corrected chi connectivity index (χ3v) is 4.24. The van der Waals surface area contributed by atoms with Crippen LogP contribution in [0.1, 0.15) is 60.3 Å². The highest BCUT2D eigenvalue weighted by molar-refractivity contribution is 5.59. The summed E-state index contributed by atoms with van der Waals surface area (Å²) in [6.45, 7) is 11.1. The Balaban J connectivity index is 2.46. The molecule has 1 aliphatic heterocycles. The first-order valence-electron chi connectivity index (χ1n) is 7.43. The normalized spacial score (nSPS) is 22.5. The van der Waals surface area contributed by atoms with Crippen molar-refractivity contribution in [2.24, 2.45) is 0 Å². The molecule has 5 heteroatoms. The summed E-state index contributed by atoms with van der Waals surface area (Å²) in [5.41, 5.74) is -0.0362. The molecule has 5 nitrogen and oxygen atoms in total. The number of rotatable bonds is 5. The first-order valence-corrected chi connectivity index (χ1v) is 7.43. The molecule has 0 amide bonds. The molecule has 1 fully saturated rings. The van der Waals surface area contributed by atoms with Gasteiger partial charge in [0.2, 0.25) is 0 Å². The van der Waals surface area contributed by atoms with Gasteiger partial charge in [0.1, 0.15) is 6.10 Å². The molecule has 0 aromatic carbocycles. The van der Waals surface area contributed by atoms with Crippen molar-refractivity contribution in [2.75, 3.05) is 13.7 Å². The quantitative estimate of drug-likeness (QED) is 0.335.